The Hall–Kier alpha value is -4.70. The van der Waals surface area contributed by atoms with Gasteiger partial charge >= 0.3 is 0 Å². The van der Waals surface area contributed by atoms with Crippen molar-refractivity contribution < 1.29 is 24.3 Å². The zero-order valence-corrected chi connectivity index (χ0v) is 26.1. The van der Waals surface area contributed by atoms with Gasteiger partial charge in [0.25, 0.3) is 0 Å². The Morgan fingerprint density at radius 2 is 1.60 bits per heavy atom. The summed E-state index contributed by atoms with van der Waals surface area (Å²) in [5.41, 5.74) is 11.7. The van der Waals surface area contributed by atoms with Crippen molar-refractivity contribution in [2.75, 3.05) is 11.9 Å². The lowest BCUT2D eigenvalue weighted by Crippen LogP contribution is -2.56. The number of aryl methyl sites for hydroxylation is 2. The number of unbranched alkanes of at least 4 members (excludes halogenated alkanes) is 1. The first kappa shape index (κ1) is 33.2. The first-order chi connectivity index (χ1) is 21.5. The Kier molecular flexibility index (Phi) is 11.3. The van der Waals surface area contributed by atoms with Gasteiger partial charge in [-0.1, -0.05) is 42.5 Å². The van der Waals surface area contributed by atoms with E-state index in [1.807, 2.05) is 56.3 Å². The van der Waals surface area contributed by atoms with Crippen LogP contribution in [-0.4, -0.2) is 58.3 Å². The number of para-hydroxylation sites is 1. The minimum Gasteiger partial charge on any atom is -0.508 e. The second-order valence-electron chi connectivity index (χ2n) is 11.7. The molecule has 10 heteroatoms. The molecule has 3 unspecified atom stereocenters. The molecule has 0 aliphatic carbocycles. The van der Waals surface area contributed by atoms with Crippen LogP contribution in [0.4, 0.5) is 5.69 Å². The summed E-state index contributed by atoms with van der Waals surface area (Å²) >= 11 is 0. The number of nitrogens with two attached hydrogens (primary N) is 1. The maximum Gasteiger partial charge on any atom is 0.246 e. The van der Waals surface area contributed by atoms with Gasteiger partial charge in [-0.05, 0) is 91.6 Å². The molecular formula is C35H43N5O5. The third-order valence-corrected chi connectivity index (χ3v) is 8.21. The number of hydrogen-bond donors (Lipinski definition) is 5. The summed E-state index contributed by atoms with van der Waals surface area (Å²) in [6.07, 6.45) is 2.23. The maximum atomic E-state index is 13.7. The molecule has 0 aromatic heterocycles. The van der Waals surface area contributed by atoms with Crippen LogP contribution in [0.1, 0.15) is 54.0 Å². The number of phenolic OH excluding ortho intramolecular Hbond substituents is 1. The summed E-state index contributed by atoms with van der Waals surface area (Å²) < 4.78 is 0. The van der Waals surface area contributed by atoms with Crippen molar-refractivity contribution in [1.82, 2.24) is 15.5 Å². The number of nitrogens with zero attached hydrogens (tertiary/aromatic N) is 1. The summed E-state index contributed by atoms with van der Waals surface area (Å²) in [5, 5.41) is 18.4. The number of rotatable bonds is 12. The average molecular weight is 614 g/mol. The van der Waals surface area contributed by atoms with Crippen LogP contribution in [0.5, 0.6) is 5.75 Å². The predicted molar refractivity (Wildman–Crippen MR) is 173 cm³/mol. The molecule has 3 atom stereocenters. The summed E-state index contributed by atoms with van der Waals surface area (Å²) in [7, 11) is 0. The van der Waals surface area contributed by atoms with Crippen molar-refractivity contribution >= 4 is 29.3 Å². The van der Waals surface area contributed by atoms with Crippen LogP contribution in [0.15, 0.2) is 66.7 Å². The van der Waals surface area contributed by atoms with Crippen molar-refractivity contribution in [2.45, 2.75) is 77.5 Å². The van der Waals surface area contributed by atoms with Crippen molar-refractivity contribution in [1.29, 1.82) is 0 Å². The number of amides is 4. The number of aromatic hydroxyl groups is 1. The Morgan fingerprint density at radius 3 is 2.27 bits per heavy atom. The van der Waals surface area contributed by atoms with E-state index in [4.69, 9.17) is 5.73 Å². The zero-order chi connectivity index (χ0) is 32.5. The van der Waals surface area contributed by atoms with Crippen LogP contribution in [-0.2, 0) is 38.6 Å². The molecule has 0 radical (unpaired) electrons. The first-order valence-corrected chi connectivity index (χ1v) is 15.4. The van der Waals surface area contributed by atoms with E-state index in [0.717, 1.165) is 27.8 Å². The quantitative estimate of drug-likeness (QED) is 0.198. The highest BCUT2D eigenvalue weighted by molar-refractivity contribution is 5.97. The summed E-state index contributed by atoms with van der Waals surface area (Å²) in [5.74, 6) is -1.00. The Balaban J connectivity index is 1.36. The number of anilines is 1. The lowest BCUT2D eigenvalue weighted by Gasteiger charge is -2.37. The van der Waals surface area contributed by atoms with Gasteiger partial charge in [0.2, 0.25) is 23.6 Å². The Bertz CT molecular complexity index is 1500. The van der Waals surface area contributed by atoms with Gasteiger partial charge in [-0.3, -0.25) is 19.2 Å². The molecule has 0 saturated heterocycles. The Labute approximate surface area is 264 Å². The third-order valence-electron chi connectivity index (χ3n) is 8.21. The monoisotopic (exact) mass is 613 g/mol. The van der Waals surface area contributed by atoms with Crippen molar-refractivity contribution in [3.63, 3.8) is 0 Å². The van der Waals surface area contributed by atoms with E-state index in [1.54, 1.807) is 29.2 Å². The maximum absolute atomic E-state index is 13.7. The van der Waals surface area contributed by atoms with Crippen LogP contribution >= 0.6 is 0 Å². The highest BCUT2D eigenvalue weighted by Crippen LogP contribution is 2.26. The van der Waals surface area contributed by atoms with Crippen LogP contribution in [0.2, 0.25) is 0 Å². The van der Waals surface area contributed by atoms with E-state index >= 15 is 0 Å². The first-order valence-electron chi connectivity index (χ1n) is 15.4. The fourth-order valence-electron chi connectivity index (χ4n) is 5.87. The van der Waals surface area contributed by atoms with Crippen molar-refractivity contribution in [2.24, 2.45) is 5.73 Å². The minimum atomic E-state index is -0.861. The normalized spacial score (nSPS) is 15.4. The number of nitrogens with one attached hydrogen (secondary N) is 3. The molecule has 4 amide bonds. The fourth-order valence-corrected chi connectivity index (χ4v) is 5.87. The molecule has 4 rings (SSSR count). The van der Waals surface area contributed by atoms with Crippen LogP contribution in [0.3, 0.4) is 0 Å². The topological polar surface area (TPSA) is 154 Å². The van der Waals surface area contributed by atoms with Gasteiger partial charge in [0.15, 0.2) is 0 Å². The average Bonchev–Trinajstić information content (AvgIpc) is 3.01. The molecule has 3 aromatic carbocycles. The van der Waals surface area contributed by atoms with Gasteiger partial charge in [-0.15, -0.1) is 0 Å². The standard InChI is InChI=1S/C35H43N5O5/c1-22-17-28(42)18-23(2)29(22)20-30(36)35(45)40-21-26-12-8-7-11-25(26)19-32(40)34(44)37-16-10-9-15-31(38-24(3)41)33(43)39-27-13-5-4-6-14-27/h4-8,11-14,17-18,30-32,42H,9-10,15-16,19-21,36H2,1-3H3,(H,37,44)(H,38,41)(H,39,43). The lowest BCUT2D eigenvalue weighted by molar-refractivity contribution is -0.142. The molecular weight excluding hydrogens is 570 g/mol. The lowest BCUT2D eigenvalue weighted by atomic mass is 9.91. The molecule has 1 aliphatic rings. The molecule has 1 aliphatic heterocycles. The largest absolute Gasteiger partial charge is 0.508 e. The van der Waals surface area contributed by atoms with E-state index in [2.05, 4.69) is 16.0 Å². The van der Waals surface area contributed by atoms with E-state index < -0.39 is 18.1 Å². The van der Waals surface area contributed by atoms with Crippen molar-refractivity contribution in [3.8, 4) is 5.75 Å². The van der Waals surface area contributed by atoms with Gasteiger partial charge in [-0.2, -0.15) is 0 Å². The van der Waals surface area contributed by atoms with Gasteiger partial charge in [0, 0.05) is 32.1 Å². The fraction of sp³-hybridized carbons (Fsp3) is 0.371. The molecule has 0 saturated carbocycles. The molecule has 3 aromatic rings. The van der Waals surface area contributed by atoms with E-state index in [0.29, 0.717) is 37.9 Å². The zero-order valence-electron chi connectivity index (χ0n) is 26.1. The number of hydrogen-bond acceptors (Lipinski definition) is 6. The number of phenols is 1. The predicted octanol–water partition coefficient (Wildman–Crippen LogP) is 3.26. The molecule has 1 heterocycles. The molecule has 45 heavy (non-hydrogen) atoms. The molecule has 238 valence electrons. The van der Waals surface area contributed by atoms with Crippen LogP contribution in [0.25, 0.3) is 0 Å². The van der Waals surface area contributed by atoms with E-state index in [-0.39, 0.29) is 42.3 Å². The Morgan fingerprint density at radius 1 is 0.956 bits per heavy atom. The van der Waals surface area contributed by atoms with Gasteiger partial charge < -0.3 is 31.7 Å². The second kappa shape index (κ2) is 15.3. The summed E-state index contributed by atoms with van der Waals surface area (Å²) in [6, 6.07) is 17.8. The third kappa shape index (κ3) is 8.92. The highest BCUT2D eigenvalue weighted by Gasteiger charge is 2.36. The number of benzene rings is 3. The molecule has 0 fully saturated rings. The minimum absolute atomic E-state index is 0.166. The molecule has 0 bridgehead atoms. The van der Waals surface area contributed by atoms with E-state index in [1.165, 1.54) is 6.92 Å². The molecule has 6 N–H and O–H groups in total. The number of fused-ring (bicyclic) bond motifs is 1. The van der Waals surface area contributed by atoms with Gasteiger partial charge in [0.1, 0.15) is 17.8 Å². The highest BCUT2D eigenvalue weighted by atomic mass is 16.3. The van der Waals surface area contributed by atoms with Gasteiger partial charge in [0.05, 0.1) is 6.04 Å². The van der Waals surface area contributed by atoms with Crippen LogP contribution in [0, 0.1) is 13.8 Å². The summed E-state index contributed by atoms with van der Waals surface area (Å²) in [4.78, 5) is 53.4. The summed E-state index contributed by atoms with van der Waals surface area (Å²) in [6.45, 7) is 5.76. The smallest absolute Gasteiger partial charge is 0.246 e. The number of carbonyl (C=O) groups is 4. The van der Waals surface area contributed by atoms with Crippen LogP contribution < -0.4 is 21.7 Å². The van der Waals surface area contributed by atoms with Crippen molar-refractivity contribution in [3.05, 3.63) is 94.5 Å². The SMILES string of the molecule is CC(=O)NC(CCCCNC(=O)C1Cc2ccccc2CN1C(=O)C(N)Cc1c(C)cc(O)cc1C)C(=O)Nc1ccccc1. The molecule has 0 spiro atoms. The molecule has 10 nitrogen and oxygen atoms in total. The van der Waals surface area contributed by atoms with E-state index in [9.17, 15) is 24.3 Å². The second-order valence-corrected chi connectivity index (χ2v) is 11.7. The number of carbonyl (C=O) groups excluding carboxylic acids is 4. The van der Waals surface area contributed by atoms with Gasteiger partial charge in [-0.25, -0.2) is 0 Å².